The van der Waals surface area contributed by atoms with Crippen LogP contribution in [-0.2, 0) is 0 Å². The molecule has 1 saturated carbocycles. The quantitative estimate of drug-likeness (QED) is 0.811. The number of benzene rings is 1. The van der Waals surface area contributed by atoms with Crippen LogP contribution in [0.25, 0.3) is 0 Å². The van der Waals surface area contributed by atoms with E-state index in [9.17, 15) is 9.59 Å². The van der Waals surface area contributed by atoms with E-state index in [-0.39, 0.29) is 17.6 Å². The van der Waals surface area contributed by atoms with Gasteiger partial charge in [-0.15, -0.1) is 6.58 Å². The van der Waals surface area contributed by atoms with E-state index in [0.29, 0.717) is 17.8 Å². The minimum absolute atomic E-state index is 0.199. The second-order valence-corrected chi connectivity index (χ2v) is 4.94. The molecule has 0 aliphatic heterocycles. The Labute approximate surface area is 117 Å². The van der Waals surface area contributed by atoms with Crippen molar-refractivity contribution in [1.82, 2.24) is 4.90 Å². The van der Waals surface area contributed by atoms with Gasteiger partial charge in [0.1, 0.15) is 0 Å². The Morgan fingerprint density at radius 2 is 2.20 bits per heavy atom. The average molecular weight is 274 g/mol. The average Bonchev–Trinajstić information content (AvgIpc) is 3.22. The molecule has 0 unspecified atom stereocenters. The smallest absolute Gasteiger partial charge is 0.336 e. The fourth-order valence-corrected chi connectivity index (χ4v) is 2.05. The summed E-state index contributed by atoms with van der Waals surface area (Å²) in [5, 5.41) is 11.8. The zero-order chi connectivity index (χ0) is 14.7. The van der Waals surface area contributed by atoms with Crippen LogP contribution in [0.1, 0.15) is 28.8 Å². The SMILES string of the molecule is C=CCN(C(=O)Nc1ccc(C)c(C(=O)O)c1)C1CC1. The number of aryl methyl sites for hydroxylation is 1. The van der Waals surface area contributed by atoms with Crippen LogP contribution in [-0.4, -0.2) is 34.6 Å². The van der Waals surface area contributed by atoms with E-state index in [0.717, 1.165) is 12.8 Å². The highest BCUT2D eigenvalue weighted by atomic mass is 16.4. The summed E-state index contributed by atoms with van der Waals surface area (Å²) in [6, 6.07) is 4.94. The topological polar surface area (TPSA) is 69.6 Å². The third kappa shape index (κ3) is 3.17. The van der Waals surface area contributed by atoms with Gasteiger partial charge in [0, 0.05) is 18.3 Å². The summed E-state index contributed by atoms with van der Waals surface area (Å²) >= 11 is 0. The summed E-state index contributed by atoms with van der Waals surface area (Å²) in [6.07, 6.45) is 3.71. The lowest BCUT2D eigenvalue weighted by molar-refractivity contribution is 0.0696. The minimum Gasteiger partial charge on any atom is -0.478 e. The molecule has 0 heterocycles. The van der Waals surface area contributed by atoms with Crippen LogP contribution in [0.15, 0.2) is 30.9 Å². The number of hydrogen-bond acceptors (Lipinski definition) is 2. The van der Waals surface area contributed by atoms with Gasteiger partial charge in [-0.25, -0.2) is 9.59 Å². The second kappa shape index (κ2) is 5.77. The van der Waals surface area contributed by atoms with Crippen molar-refractivity contribution in [2.45, 2.75) is 25.8 Å². The number of anilines is 1. The summed E-state index contributed by atoms with van der Waals surface area (Å²) in [5.74, 6) is -0.997. The molecule has 0 bridgehead atoms. The molecule has 0 saturated heterocycles. The summed E-state index contributed by atoms with van der Waals surface area (Å²) in [4.78, 5) is 25.0. The summed E-state index contributed by atoms with van der Waals surface area (Å²) in [5.41, 5.74) is 1.36. The lowest BCUT2D eigenvalue weighted by atomic mass is 10.1. The maximum absolute atomic E-state index is 12.2. The summed E-state index contributed by atoms with van der Waals surface area (Å²) in [6.45, 7) is 5.87. The molecule has 0 atom stereocenters. The number of carboxylic acid groups (broad SMARTS) is 1. The van der Waals surface area contributed by atoms with Crippen LogP contribution < -0.4 is 5.32 Å². The van der Waals surface area contributed by atoms with Crippen molar-refractivity contribution in [2.75, 3.05) is 11.9 Å². The number of hydrogen-bond donors (Lipinski definition) is 2. The standard InChI is InChI=1S/C15H18N2O3/c1-3-8-17(12-6-7-12)15(20)16-11-5-4-10(2)13(9-11)14(18)19/h3-5,9,12H,1,6-8H2,2H3,(H,16,20)(H,18,19). The van der Waals surface area contributed by atoms with Gasteiger partial charge in [0.2, 0.25) is 0 Å². The van der Waals surface area contributed by atoms with Crippen molar-refractivity contribution in [3.05, 3.63) is 42.0 Å². The normalized spacial score (nSPS) is 13.7. The number of rotatable bonds is 5. The Bertz CT molecular complexity index is 550. The van der Waals surface area contributed by atoms with Gasteiger partial charge in [0.25, 0.3) is 0 Å². The maximum atomic E-state index is 12.2. The predicted octanol–water partition coefficient (Wildman–Crippen LogP) is 2.88. The zero-order valence-electron chi connectivity index (χ0n) is 11.4. The second-order valence-electron chi connectivity index (χ2n) is 4.94. The molecule has 0 radical (unpaired) electrons. The molecule has 1 fully saturated rings. The highest BCUT2D eigenvalue weighted by molar-refractivity contribution is 5.94. The third-order valence-electron chi connectivity index (χ3n) is 3.29. The summed E-state index contributed by atoms with van der Waals surface area (Å²) in [7, 11) is 0. The molecule has 2 amide bonds. The number of urea groups is 1. The van der Waals surface area contributed by atoms with Crippen LogP contribution >= 0.6 is 0 Å². The van der Waals surface area contributed by atoms with Crippen molar-refractivity contribution in [3.8, 4) is 0 Å². The molecule has 1 aromatic rings. The lowest BCUT2D eigenvalue weighted by Gasteiger charge is -2.21. The number of carboxylic acids is 1. The first-order valence-corrected chi connectivity index (χ1v) is 6.55. The first-order chi connectivity index (χ1) is 9.52. The molecule has 1 aliphatic carbocycles. The van der Waals surface area contributed by atoms with Gasteiger partial charge in [-0.3, -0.25) is 0 Å². The van der Waals surface area contributed by atoms with Crippen molar-refractivity contribution < 1.29 is 14.7 Å². The fourth-order valence-electron chi connectivity index (χ4n) is 2.05. The van der Waals surface area contributed by atoms with E-state index < -0.39 is 5.97 Å². The number of nitrogens with zero attached hydrogens (tertiary/aromatic N) is 1. The highest BCUT2D eigenvalue weighted by Crippen LogP contribution is 2.27. The van der Waals surface area contributed by atoms with Crippen molar-refractivity contribution in [3.63, 3.8) is 0 Å². The van der Waals surface area contributed by atoms with Gasteiger partial charge in [-0.2, -0.15) is 0 Å². The van der Waals surface area contributed by atoms with Crippen LogP contribution in [0.4, 0.5) is 10.5 Å². The Balaban J connectivity index is 2.12. The van der Waals surface area contributed by atoms with E-state index >= 15 is 0 Å². The molecule has 20 heavy (non-hydrogen) atoms. The van der Waals surface area contributed by atoms with Crippen LogP contribution in [0, 0.1) is 6.92 Å². The number of nitrogens with one attached hydrogen (secondary N) is 1. The number of aromatic carboxylic acids is 1. The molecule has 1 aromatic carbocycles. The van der Waals surface area contributed by atoms with Gasteiger partial charge < -0.3 is 15.3 Å². The van der Waals surface area contributed by atoms with Gasteiger partial charge in [-0.1, -0.05) is 12.1 Å². The maximum Gasteiger partial charge on any atom is 0.336 e. The van der Waals surface area contributed by atoms with Crippen LogP contribution in [0.3, 0.4) is 0 Å². The monoisotopic (exact) mass is 274 g/mol. The van der Waals surface area contributed by atoms with E-state index in [4.69, 9.17) is 5.11 Å². The first kappa shape index (κ1) is 14.1. The number of carbonyl (C=O) groups excluding carboxylic acids is 1. The lowest BCUT2D eigenvalue weighted by Crippen LogP contribution is -2.36. The third-order valence-corrected chi connectivity index (χ3v) is 3.29. The van der Waals surface area contributed by atoms with Crippen molar-refractivity contribution in [1.29, 1.82) is 0 Å². The zero-order valence-corrected chi connectivity index (χ0v) is 11.4. The molecule has 0 aromatic heterocycles. The number of amides is 2. The molecule has 5 heteroatoms. The molecule has 106 valence electrons. The minimum atomic E-state index is -0.997. The number of carbonyl (C=O) groups is 2. The largest absolute Gasteiger partial charge is 0.478 e. The molecule has 0 spiro atoms. The van der Waals surface area contributed by atoms with Crippen LogP contribution in [0.2, 0.25) is 0 Å². The van der Waals surface area contributed by atoms with Crippen molar-refractivity contribution >= 4 is 17.7 Å². The predicted molar refractivity (Wildman–Crippen MR) is 77.1 cm³/mol. The van der Waals surface area contributed by atoms with Gasteiger partial charge in [0.15, 0.2) is 0 Å². The molecule has 5 nitrogen and oxygen atoms in total. The summed E-state index contributed by atoms with van der Waals surface area (Å²) < 4.78 is 0. The molecule has 1 aliphatic rings. The van der Waals surface area contributed by atoms with Crippen molar-refractivity contribution in [2.24, 2.45) is 0 Å². The first-order valence-electron chi connectivity index (χ1n) is 6.55. The molecule has 2 rings (SSSR count). The van der Waals surface area contributed by atoms with Gasteiger partial charge in [-0.05, 0) is 37.5 Å². The molecule has 2 N–H and O–H groups in total. The van der Waals surface area contributed by atoms with Crippen LogP contribution in [0.5, 0.6) is 0 Å². The Morgan fingerprint density at radius 3 is 2.75 bits per heavy atom. The molecular formula is C15H18N2O3. The highest BCUT2D eigenvalue weighted by Gasteiger charge is 2.31. The van der Waals surface area contributed by atoms with E-state index in [1.807, 2.05) is 0 Å². The fraction of sp³-hybridized carbons (Fsp3) is 0.333. The van der Waals surface area contributed by atoms with E-state index in [2.05, 4.69) is 11.9 Å². The Kier molecular flexibility index (Phi) is 4.08. The van der Waals surface area contributed by atoms with E-state index in [1.165, 1.54) is 6.07 Å². The van der Waals surface area contributed by atoms with Gasteiger partial charge in [0.05, 0.1) is 5.56 Å². The Hall–Kier alpha value is -2.30. The Morgan fingerprint density at radius 1 is 1.50 bits per heavy atom. The van der Waals surface area contributed by atoms with Gasteiger partial charge >= 0.3 is 12.0 Å². The molecular weight excluding hydrogens is 256 g/mol. The van der Waals surface area contributed by atoms with E-state index in [1.54, 1.807) is 30.0 Å².